The average Bonchev–Trinajstić information content (AvgIpc) is 2.47. The Bertz CT molecular complexity index is 751. The molecule has 0 amide bonds. The Morgan fingerprint density at radius 1 is 1.05 bits per heavy atom. The van der Waals surface area contributed by atoms with Crippen LogP contribution in [-0.2, 0) is 0 Å². The van der Waals surface area contributed by atoms with Crippen molar-refractivity contribution in [1.29, 1.82) is 0 Å². The summed E-state index contributed by atoms with van der Waals surface area (Å²) in [7, 11) is 0. The topological polar surface area (TPSA) is 38.9 Å². The van der Waals surface area contributed by atoms with Gasteiger partial charge < -0.3 is 5.73 Å². The Morgan fingerprint density at radius 3 is 2.50 bits per heavy atom. The molecule has 0 saturated heterocycles. The first-order valence-corrected chi connectivity index (χ1v) is 6.90. The van der Waals surface area contributed by atoms with Crippen LogP contribution in [0.4, 0.5) is 0 Å². The fourth-order valence-electron chi connectivity index (χ4n) is 2.38. The zero-order valence-corrected chi connectivity index (χ0v) is 11.9. The second-order valence-corrected chi connectivity index (χ2v) is 5.35. The van der Waals surface area contributed by atoms with Crippen molar-refractivity contribution >= 4 is 22.5 Å². The molecular weight excluding hydrogens is 268 g/mol. The zero-order valence-electron chi connectivity index (χ0n) is 11.2. The van der Waals surface area contributed by atoms with Gasteiger partial charge in [0, 0.05) is 10.4 Å². The van der Waals surface area contributed by atoms with Gasteiger partial charge >= 0.3 is 0 Å². The van der Waals surface area contributed by atoms with Gasteiger partial charge in [0.1, 0.15) is 0 Å². The number of hydrogen-bond donors (Lipinski definition) is 1. The summed E-state index contributed by atoms with van der Waals surface area (Å²) >= 11 is 5.91. The molecule has 0 bridgehead atoms. The van der Waals surface area contributed by atoms with E-state index in [-0.39, 0.29) is 6.04 Å². The molecule has 0 spiro atoms. The van der Waals surface area contributed by atoms with Gasteiger partial charge in [0.2, 0.25) is 0 Å². The molecule has 0 aliphatic heterocycles. The Morgan fingerprint density at radius 2 is 1.75 bits per heavy atom. The first-order valence-electron chi connectivity index (χ1n) is 6.52. The molecule has 0 fully saturated rings. The minimum atomic E-state index is -0.240. The summed E-state index contributed by atoms with van der Waals surface area (Å²) in [5.41, 5.74) is 10.4. The molecule has 3 heteroatoms. The van der Waals surface area contributed by atoms with E-state index >= 15 is 0 Å². The molecule has 1 atom stereocenters. The molecule has 2 nitrogen and oxygen atoms in total. The first-order chi connectivity index (χ1) is 9.65. The van der Waals surface area contributed by atoms with Gasteiger partial charge in [0.05, 0.1) is 17.3 Å². The molecule has 3 rings (SSSR count). The normalized spacial score (nSPS) is 12.6. The fourth-order valence-corrected chi connectivity index (χ4v) is 2.50. The van der Waals surface area contributed by atoms with E-state index in [1.54, 1.807) is 0 Å². The number of fused-ring (bicyclic) bond motifs is 1. The Labute approximate surface area is 123 Å². The Kier molecular flexibility index (Phi) is 3.43. The maximum atomic E-state index is 6.32. The highest BCUT2D eigenvalue weighted by Crippen LogP contribution is 2.24. The number of aryl methyl sites for hydroxylation is 1. The second kappa shape index (κ2) is 5.23. The first kappa shape index (κ1) is 13.1. The van der Waals surface area contributed by atoms with Crippen molar-refractivity contribution in [2.75, 3.05) is 0 Å². The molecule has 3 aromatic rings. The van der Waals surface area contributed by atoms with E-state index < -0.39 is 0 Å². The summed E-state index contributed by atoms with van der Waals surface area (Å²) in [6.45, 7) is 2.09. The number of para-hydroxylation sites is 1. The Hall–Kier alpha value is -1.90. The molecule has 0 saturated carbocycles. The standard InChI is InChI=1S/C17H15ClN2/c1-11-10-16(20-15-5-3-2-4-14(11)15)17(19)12-6-8-13(18)9-7-12/h2-10,17H,19H2,1H3. The van der Waals surface area contributed by atoms with Gasteiger partial charge in [-0.2, -0.15) is 0 Å². The highest BCUT2D eigenvalue weighted by molar-refractivity contribution is 6.30. The highest BCUT2D eigenvalue weighted by atomic mass is 35.5. The lowest BCUT2D eigenvalue weighted by Crippen LogP contribution is -2.13. The lowest BCUT2D eigenvalue weighted by Gasteiger charge is -2.14. The van der Waals surface area contributed by atoms with Crippen molar-refractivity contribution in [2.24, 2.45) is 5.73 Å². The molecule has 1 heterocycles. The van der Waals surface area contributed by atoms with Gasteiger partial charge in [0.25, 0.3) is 0 Å². The third-order valence-corrected chi connectivity index (χ3v) is 3.74. The molecule has 100 valence electrons. The summed E-state index contributed by atoms with van der Waals surface area (Å²) in [6.07, 6.45) is 0. The number of nitrogens with two attached hydrogens (primary N) is 1. The number of halogens is 1. The van der Waals surface area contributed by atoms with Crippen LogP contribution in [0.1, 0.15) is 22.9 Å². The molecule has 0 radical (unpaired) electrons. The average molecular weight is 283 g/mol. The highest BCUT2D eigenvalue weighted by Gasteiger charge is 2.12. The molecule has 1 aromatic heterocycles. The van der Waals surface area contributed by atoms with E-state index in [2.05, 4.69) is 24.0 Å². The molecule has 0 aliphatic rings. The predicted octanol–water partition coefficient (Wildman–Crippen LogP) is 4.24. The number of nitrogens with zero attached hydrogens (tertiary/aromatic N) is 1. The smallest absolute Gasteiger partial charge is 0.0726 e. The fraction of sp³-hybridized carbons (Fsp3) is 0.118. The van der Waals surface area contributed by atoms with Crippen LogP contribution in [0.15, 0.2) is 54.6 Å². The van der Waals surface area contributed by atoms with Gasteiger partial charge in [-0.25, -0.2) is 0 Å². The molecule has 2 N–H and O–H groups in total. The van der Waals surface area contributed by atoms with Gasteiger partial charge in [-0.1, -0.05) is 41.9 Å². The SMILES string of the molecule is Cc1cc(C(N)c2ccc(Cl)cc2)nc2ccccc12. The number of rotatable bonds is 2. The van der Waals surface area contributed by atoms with Crippen molar-refractivity contribution in [1.82, 2.24) is 4.98 Å². The lowest BCUT2D eigenvalue weighted by molar-refractivity contribution is 0.834. The molecule has 1 unspecified atom stereocenters. The van der Waals surface area contributed by atoms with E-state index in [4.69, 9.17) is 17.3 Å². The molecule has 2 aromatic carbocycles. The predicted molar refractivity (Wildman–Crippen MR) is 84.0 cm³/mol. The van der Waals surface area contributed by atoms with Crippen molar-refractivity contribution in [3.63, 3.8) is 0 Å². The van der Waals surface area contributed by atoms with Crippen LogP contribution in [0.2, 0.25) is 5.02 Å². The summed E-state index contributed by atoms with van der Waals surface area (Å²) < 4.78 is 0. The van der Waals surface area contributed by atoms with Crippen LogP contribution in [0.25, 0.3) is 10.9 Å². The summed E-state index contributed by atoms with van der Waals surface area (Å²) in [4.78, 5) is 4.68. The number of hydrogen-bond acceptors (Lipinski definition) is 2. The van der Waals surface area contributed by atoms with Crippen LogP contribution >= 0.6 is 11.6 Å². The van der Waals surface area contributed by atoms with Gasteiger partial charge in [-0.3, -0.25) is 4.98 Å². The monoisotopic (exact) mass is 282 g/mol. The largest absolute Gasteiger partial charge is 0.319 e. The Balaban J connectivity index is 2.07. The van der Waals surface area contributed by atoms with Crippen molar-refractivity contribution < 1.29 is 0 Å². The van der Waals surface area contributed by atoms with Crippen LogP contribution in [0, 0.1) is 6.92 Å². The van der Waals surface area contributed by atoms with Crippen LogP contribution in [0.3, 0.4) is 0 Å². The second-order valence-electron chi connectivity index (χ2n) is 4.91. The number of benzene rings is 2. The van der Waals surface area contributed by atoms with Crippen LogP contribution < -0.4 is 5.73 Å². The van der Waals surface area contributed by atoms with Crippen molar-refractivity contribution in [2.45, 2.75) is 13.0 Å². The maximum Gasteiger partial charge on any atom is 0.0726 e. The summed E-state index contributed by atoms with van der Waals surface area (Å²) in [5, 5.41) is 1.88. The van der Waals surface area contributed by atoms with Crippen molar-refractivity contribution in [3.8, 4) is 0 Å². The van der Waals surface area contributed by atoms with Gasteiger partial charge in [-0.05, 0) is 42.3 Å². The van der Waals surface area contributed by atoms with Crippen LogP contribution in [0.5, 0.6) is 0 Å². The number of aromatic nitrogens is 1. The van der Waals surface area contributed by atoms with E-state index in [1.165, 1.54) is 10.9 Å². The summed E-state index contributed by atoms with van der Waals surface area (Å²) in [6, 6.07) is 17.5. The minimum Gasteiger partial charge on any atom is -0.319 e. The van der Waals surface area contributed by atoms with Gasteiger partial charge in [0.15, 0.2) is 0 Å². The minimum absolute atomic E-state index is 0.240. The quantitative estimate of drug-likeness (QED) is 0.763. The molecule has 20 heavy (non-hydrogen) atoms. The van der Waals surface area contributed by atoms with Gasteiger partial charge in [-0.15, -0.1) is 0 Å². The van der Waals surface area contributed by atoms with E-state index in [1.807, 2.05) is 42.5 Å². The van der Waals surface area contributed by atoms with E-state index in [0.29, 0.717) is 5.02 Å². The molecule has 0 aliphatic carbocycles. The third kappa shape index (κ3) is 2.40. The zero-order chi connectivity index (χ0) is 14.1. The van der Waals surface area contributed by atoms with E-state index in [9.17, 15) is 0 Å². The maximum absolute atomic E-state index is 6.32. The lowest BCUT2D eigenvalue weighted by atomic mass is 10.0. The molecular formula is C17H15ClN2. The van der Waals surface area contributed by atoms with E-state index in [0.717, 1.165) is 16.8 Å². The third-order valence-electron chi connectivity index (χ3n) is 3.49. The van der Waals surface area contributed by atoms with Crippen LogP contribution in [-0.4, -0.2) is 4.98 Å². The summed E-state index contributed by atoms with van der Waals surface area (Å²) in [5.74, 6) is 0. The number of pyridine rings is 1. The van der Waals surface area contributed by atoms with Crippen molar-refractivity contribution in [3.05, 3.63) is 76.4 Å².